The zero-order valence-corrected chi connectivity index (χ0v) is 11.2. The molecule has 0 spiro atoms. The highest BCUT2D eigenvalue weighted by Gasteiger charge is 2.22. The highest BCUT2D eigenvalue weighted by atomic mass is 32.2. The highest BCUT2D eigenvalue weighted by molar-refractivity contribution is 7.92. The van der Waals surface area contributed by atoms with Crippen molar-refractivity contribution in [2.75, 3.05) is 18.8 Å². The first kappa shape index (κ1) is 14.6. The standard InChI is InChI=1S/C12H16FNO3S/c1-3-14(4-2)12(15)9-18(16,17)11-7-5-6-10(13)8-11/h5-8H,3-4,9H2,1-2H3. The van der Waals surface area contributed by atoms with Gasteiger partial charge in [-0.15, -0.1) is 0 Å². The predicted octanol–water partition coefficient (Wildman–Crippen LogP) is 1.47. The van der Waals surface area contributed by atoms with Gasteiger partial charge < -0.3 is 4.90 Å². The molecule has 0 heterocycles. The summed E-state index contributed by atoms with van der Waals surface area (Å²) in [7, 11) is -3.78. The zero-order valence-electron chi connectivity index (χ0n) is 10.4. The van der Waals surface area contributed by atoms with E-state index >= 15 is 0 Å². The molecule has 18 heavy (non-hydrogen) atoms. The Hall–Kier alpha value is -1.43. The molecule has 6 heteroatoms. The quantitative estimate of drug-likeness (QED) is 0.816. The fourth-order valence-corrected chi connectivity index (χ4v) is 2.83. The van der Waals surface area contributed by atoms with Gasteiger partial charge in [-0.3, -0.25) is 4.79 Å². The number of sulfone groups is 1. The number of carbonyl (C=O) groups excluding carboxylic acids is 1. The lowest BCUT2D eigenvalue weighted by Crippen LogP contribution is -2.35. The Morgan fingerprint density at radius 2 is 1.89 bits per heavy atom. The van der Waals surface area contributed by atoms with E-state index in [9.17, 15) is 17.6 Å². The summed E-state index contributed by atoms with van der Waals surface area (Å²) in [4.78, 5) is 13.0. The largest absolute Gasteiger partial charge is 0.342 e. The topological polar surface area (TPSA) is 54.5 Å². The van der Waals surface area contributed by atoms with Crippen molar-refractivity contribution in [3.63, 3.8) is 0 Å². The molecule has 1 amide bonds. The van der Waals surface area contributed by atoms with Gasteiger partial charge in [-0.2, -0.15) is 0 Å². The Kier molecular flexibility index (Phi) is 4.84. The van der Waals surface area contributed by atoms with Gasteiger partial charge in [0.05, 0.1) is 4.90 Å². The van der Waals surface area contributed by atoms with Crippen LogP contribution in [0.3, 0.4) is 0 Å². The Bertz CT molecular complexity index is 524. The first-order chi connectivity index (χ1) is 8.40. The van der Waals surface area contributed by atoms with E-state index in [1.165, 1.54) is 17.0 Å². The maximum atomic E-state index is 13.0. The molecule has 0 aromatic heterocycles. The summed E-state index contributed by atoms with van der Waals surface area (Å²) in [5.41, 5.74) is 0. The molecular weight excluding hydrogens is 257 g/mol. The van der Waals surface area contributed by atoms with Crippen LogP contribution in [-0.2, 0) is 14.6 Å². The average Bonchev–Trinajstić information content (AvgIpc) is 2.30. The smallest absolute Gasteiger partial charge is 0.238 e. The molecule has 0 unspecified atom stereocenters. The molecule has 0 bridgehead atoms. The van der Waals surface area contributed by atoms with Gasteiger partial charge in [0.2, 0.25) is 5.91 Å². The van der Waals surface area contributed by atoms with Gasteiger partial charge in [0.25, 0.3) is 0 Å². The molecule has 1 aromatic carbocycles. The molecule has 100 valence electrons. The van der Waals surface area contributed by atoms with Crippen LogP contribution in [0.4, 0.5) is 4.39 Å². The monoisotopic (exact) mass is 273 g/mol. The molecular formula is C12H16FNO3S. The number of rotatable bonds is 5. The number of nitrogens with zero attached hydrogens (tertiary/aromatic N) is 1. The highest BCUT2D eigenvalue weighted by Crippen LogP contribution is 2.13. The van der Waals surface area contributed by atoms with Gasteiger partial charge in [0.15, 0.2) is 9.84 Å². The molecule has 0 aliphatic carbocycles. The van der Waals surface area contributed by atoms with Crippen molar-refractivity contribution in [2.24, 2.45) is 0 Å². The summed E-state index contributed by atoms with van der Waals surface area (Å²) in [6.07, 6.45) is 0. The first-order valence-corrected chi connectivity index (χ1v) is 7.32. The van der Waals surface area contributed by atoms with Gasteiger partial charge in [-0.25, -0.2) is 12.8 Å². The van der Waals surface area contributed by atoms with Crippen molar-refractivity contribution >= 4 is 15.7 Å². The average molecular weight is 273 g/mol. The Labute approximate surface area is 106 Å². The second kappa shape index (κ2) is 5.95. The van der Waals surface area contributed by atoms with Crippen LogP contribution in [0.1, 0.15) is 13.8 Å². The summed E-state index contributed by atoms with van der Waals surface area (Å²) in [5.74, 6) is -1.73. The molecule has 0 atom stereocenters. The third kappa shape index (κ3) is 3.53. The zero-order chi connectivity index (χ0) is 13.8. The Balaban J connectivity index is 2.92. The third-order valence-electron chi connectivity index (χ3n) is 2.58. The molecule has 0 aliphatic rings. The van der Waals surface area contributed by atoms with E-state index < -0.39 is 27.3 Å². The number of benzene rings is 1. The van der Waals surface area contributed by atoms with Crippen LogP contribution < -0.4 is 0 Å². The van der Waals surface area contributed by atoms with Crippen LogP contribution in [0.25, 0.3) is 0 Å². The van der Waals surface area contributed by atoms with Crippen LogP contribution in [0.2, 0.25) is 0 Å². The minimum atomic E-state index is -3.78. The molecule has 0 N–H and O–H groups in total. The van der Waals surface area contributed by atoms with Crippen molar-refractivity contribution in [1.29, 1.82) is 0 Å². The fraction of sp³-hybridized carbons (Fsp3) is 0.417. The molecule has 0 radical (unpaired) electrons. The van der Waals surface area contributed by atoms with Gasteiger partial charge >= 0.3 is 0 Å². The van der Waals surface area contributed by atoms with Gasteiger partial charge in [0.1, 0.15) is 11.6 Å². The molecule has 0 saturated carbocycles. The Morgan fingerprint density at radius 3 is 2.39 bits per heavy atom. The van der Waals surface area contributed by atoms with Crippen LogP contribution in [0.5, 0.6) is 0 Å². The lowest BCUT2D eigenvalue weighted by Gasteiger charge is -2.18. The van der Waals surface area contributed by atoms with Gasteiger partial charge in [-0.1, -0.05) is 6.07 Å². The number of amides is 1. The second-order valence-electron chi connectivity index (χ2n) is 3.78. The lowest BCUT2D eigenvalue weighted by molar-refractivity contribution is -0.128. The lowest BCUT2D eigenvalue weighted by atomic mass is 10.4. The minimum Gasteiger partial charge on any atom is -0.342 e. The maximum Gasteiger partial charge on any atom is 0.238 e. The van der Waals surface area contributed by atoms with Crippen LogP contribution >= 0.6 is 0 Å². The second-order valence-corrected chi connectivity index (χ2v) is 5.77. The van der Waals surface area contributed by atoms with Crippen LogP contribution in [0.15, 0.2) is 29.2 Å². The summed E-state index contributed by atoms with van der Waals surface area (Å²) in [6, 6.07) is 4.67. The first-order valence-electron chi connectivity index (χ1n) is 5.66. The van der Waals surface area contributed by atoms with E-state index in [0.29, 0.717) is 13.1 Å². The SMILES string of the molecule is CCN(CC)C(=O)CS(=O)(=O)c1cccc(F)c1. The van der Waals surface area contributed by atoms with E-state index in [0.717, 1.165) is 12.1 Å². The van der Waals surface area contributed by atoms with E-state index in [1.807, 2.05) is 0 Å². The summed E-state index contributed by atoms with van der Waals surface area (Å²) in [6.45, 7) is 4.45. The summed E-state index contributed by atoms with van der Waals surface area (Å²) < 4.78 is 36.8. The fourth-order valence-electron chi connectivity index (χ4n) is 1.57. The van der Waals surface area contributed by atoms with E-state index in [2.05, 4.69) is 0 Å². The van der Waals surface area contributed by atoms with E-state index in [4.69, 9.17) is 0 Å². The third-order valence-corrected chi connectivity index (χ3v) is 4.18. The Morgan fingerprint density at radius 1 is 1.28 bits per heavy atom. The number of carbonyl (C=O) groups is 1. The summed E-state index contributed by atoms with van der Waals surface area (Å²) in [5, 5.41) is 0. The number of hydrogen-bond acceptors (Lipinski definition) is 3. The van der Waals surface area contributed by atoms with Gasteiger partial charge in [-0.05, 0) is 32.0 Å². The minimum absolute atomic E-state index is 0.164. The van der Waals surface area contributed by atoms with Crippen LogP contribution in [-0.4, -0.2) is 38.1 Å². The molecule has 1 aromatic rings. The molecule has 0 aliphatic heterocycles. The van der Waals surface area contributed by atoms with Crippen molar-refractivity contribution in [2.45, 2.75) is 18.7 Å². The normalized spacial score (nSPS) is 11.3. The molecule has 0 fully saturated rings. The molecule has 4 nitrogen and oxygen atoms in total. The number of halogens is 1. The van der Waals surface area contributed by atoms with Crippen molar-refractivity contribution in [3.8, 4) is 0 Å². The molecule has 1 rings (SSSR count). The molecule has 0 saturated heterocycles. The number of hydrogen-bond donors (Lipinski definition) is 0. The van der Waals surface area contributed by atoms with E-state index in [1.54, 1.807) is 13.8 Å². The van der Waals surface area contributed by atoms with Crippen molar-refractivity contribution < 1.29 is 17.6 Å². The van der Waals surface area contributed by atoms with Crippen molar-refractivity contribution in [3.05, 3.63) is 30.1 Å². The van der Waals surface area contributed by atoms with Gasteiger partial charge in [0, 0.05) is 13.1 Å². The predicted molar refractivity (Wildman–Crippen MR) is 66.4 cm³/mol. The van der Waals surface area contributed by atoms with Crippen molar-refractivity contribution in [1.82, 2.24) is 4.90 Å². The van der Waals surface area contributed by atoms with E-state index in [-0.39, 0.29) is 4.90 Å². The van der Waals surface area contributed by atoms with Crippen LogP contribution in [0, 0.1) is 5.82 Å². The maximum absolute atomic E-state index is 13.0. The summed E-state index contributed by atoms with van der Waals surface area (Å²) >= 11 is 0.